The van der Waals surface area contributed by atoms with Crippen molar-refractivity contribution in [3.63, 3.8) is 0 Å². The normalized spacial score (nSPS) is 12.2. The van der Waals surface area contributed by atoms with Gasteiger partial charge in [0.05, 0.1) is 35.0 Å². The Hall–Kier alpha value is -3.95. The lowest BCUT2D eigenvalue weighted by atomic mass is 10.0. The molecule has 3 rings (SSSR count). The number of benzene rings is 1. The first-order valence-corrected chi connectivity index (χ1v) is 13.6. The lowest BCUT2D eigenvalue weighted by molar-refractivity contribution is -0.143. The molecule has 0 bridgehead atoms. The third-order valence-corrected chi connectivity index (χ3v) is 6.54. The Labute approximate surface area is 220 Å². The highest BCUT2D eigenvalue weighted by Crippen LogP contribution is 2.39. The van der Waals surface area contributed by atoms with Crippen LogP contribution in [0.1, 0.15) is 51.6 Å². The number of carbonyl (C=O) groups is 2. The zero-order chi connectivity index (χ0) is 29.3. The number of hydrogen-bond donors (Lipinski definition) is 1. The molecule has 0 unspecified atom stereocenters. The van der Waals surface area contributed by atoms with E-state index in [9.17, 15) is 40.8 Å². The molecular weight excluding hydrogens is 547 g/mol. The zero-order valence-electron chi connectivity index (χ0n) is 21.4. The number of fused-ring (bicyclic) bond motifs is 1. The number of amides is 1. The number of hydrogen-bond acceptors (Lipinski definition) is 8. The molecule has 0 fully saturated rings. The minimum absolute atomic E-state index is 0.0150. The third-order valence-electron chi connectivity index (χ3n) is 5.54. The van der Waals surface area contributed by atoms with Crippen LogP contribution < -0.4 is 15.7 Å². The molecule has 1 aromatic carbocycles. The van der Waals surface area contributed by atoms with E-state index in [1.165, 1.54) is 16.9 Å². The Balaban J connectivity index is 2.24. The summed E-state index contributed by atoms with van der Waals surface area (Å²) in [6, 6.07) is 2.40. The number of carbonyl (C=O) groups excluding carboxylic acids is 2. The molecule has 0 spiro atoms. The average Bonchev–Trinajstić information content (AvgIpc) is 3.30. The molecule has 0 aliphatic rings. The standard InChI is InChI=1S/C23H26F3N5O7S/c1-5-38-20(33)8-6-7-19(32)31(39(4,36)37)30-21(34)15-11-14(18-9-10-27-29(18)13(2)3)16(23(24,25)26)12-17(15)28-22(30)35/h9-13H,5-8H2,1-4H3,(H,28,35). The van der Waals surface area contributed by atoms with Crippen molar-refractivity contribution in [2.45, 2.75) is 52.3 Å². The Morgan fingerprint density at radius 1 is 1.18 bits per heavy atom. The number of esters is 1. The van der Waals surface area contributed by atoms with Crippen LogP contribution in [0, 0.1) is 0 Å². The topological polar surface area (TPSA) is 153 Å². The summed E-state index contributed by atoms with van der Waals surface area (Å²) in [6.45, 7) is 5.05. The van der Waals surface area contributed by atoms with Crippen molar-refractivity contribution in [3.8, 4) is 11.3 Å². The number of sulfonamides is 1. The molecule has 16 heteroatoms. The number of nitrogens with zero attached hydrogens (tertiary/aromatic N) is 4. The maximum absolute atomic E-state index is 14.0. The summed E-state index contributed by atoms with van der Waals surface area (Å²) in [5.41, 5.74) is -4.90. The number of aromatic nitrogens is 4. The number of rotatable bonds is 9. The molecule has 3 aromatic rings. The van der Waals surface area contributed by atoms with Crippen molar-refractivity contribution in [3.05, 3.63) is 50.8 Å². The number of nitrogens with one attached hydrogen (secondary N) is 1. The van der Waals surface area contributed by atoms with Crippen molar-refractivity contribution >= 4 is 32.8 Å². The van der Waals surface area contributed by atoms with Crippen LogP contribution in [0.2, 0.25) is 0 Å². The number of alkyl halides is 3. The number of aromatic amines is 1. The minimum atomic E-state index is -4.89. The van der Waals surface area contributed by atoms with Crippen molar-refractivity contribution in [1.29, 1.82) is 0 Å². The van der Waals surface area contributed by atoms with E-state index < -0.39 is 67.8 Å². The van der Waals surface area contributed by atoms with Crippen LogP contribution in [-0.4, -0.2) is 52.6 Å². The number of halogens is 3. The predicted octanol–water partition coefficient (Wildman–Crippen LogP) is 2.31. The van der Waals surface area contributed by atoms with Crippen LogP contribution in [0.25, 0.3) is 22.2 Å². The van der Waals surface area contributed by atoms with Gasteiger partial charge in [0.1, 0.15) is 0 Å². The van der Waals surface area contributed by atoms with E-state index in [1.807, 2.05) is 0 Å². The molecule has 39 heavy (non-hydrogen) atoms. The van der Waals surface area contributed by atoms with E-state index in [-0.39, 0.29) is 40.3 Å². The van der Waals surface area contributed by atoms with Gasteiger partial charge >= 0.3 is 17.8 Å². The van der Waals surface area contributed by atoms with Crippen LogP contribution >= 0.6 is 0 Å². The summed E-state index contributed by atoms with van der Waals surface area (Å²) in [7, 11) is -4.58. The quantitative estimate of drug-likeness (QED) is 0.383. The highest BCUT2D eigenvalue weighted by Gasteiger charge is 2.36. The highest BCUT2D eigenvalue weighted by atomic mass is 32.2. The van der Waals surface area contributed by atoms with Gasteiger partial charge in [-0.15, -0.1) is 9.09 Å². The second kappa shape index (κ2) is 11.0. The van der Waals surface area contributed by atoms with Crippen LogP contribution in [-0.2, 0) is 30.5 Å². The maximum Gasteiger partial charge on any atom is 0.417 e. The molecule has 0 saturated carbocycles. The van der Waals surface area contributed by atoms with Gasteiger partial charge in [0, 0.05) is 30.6 Å². The lowest BCUT2D eigenvalue weighted by Gasteiger charge is -2.22. The molecule has 2 aromatic heterocycles. The van der Waals surface area contributed by atoms with E-state index in [0.717, 1.165) is 6.07 Å². The number of H-pyrrole nitrogens is 1. The fourth-order valence-electron chi connectivity index (χ4n) is 3.96. The maximum atomic E-state index is 14.0. The monoisotopic (exact) mass is 573 g/mol. The van der Waals surface area contributed by atoms with Gasteiger partial charge in [-0.05, 0) is 45.4 Å². The molecule has 1 amide bonds. The molecule has 2 heterocycles. The number of ether oxygens (including phenoxy) is 1. The Bertz CT molecular complexity index is 1640. The van der Waals surface area contributed by atoms with Gasteiger partial charge in [-0.2, -0.15) is 18.3 Å². The molecule has 0 atom stereocenters. The smallest absolute Gasteiger partial charge is 0.417 e. The summed E-state index contributed by atoms with van der Waals surface area (Å²) in [5, 5.41) is 3.54. The summed E-state index contributed by atoms with van der Waals surface area (Å²) in [5.74, 6) is -1.84. The molecule has 12 nitrogen and oxygen atoms in total. The first-order chi connectivity index (χ1) is 18.1. The van der Waals surface area contributed by atoms with E-state index in [2.05, 4.69) is 10.1 Å². The Kier molecular flexibility index (Phi) is 8.38. The summed E-state index contributed by atoms with van der Waals surface area (Å²) >= 11 is 0. The third kappa shape index (κ3) is 6.21. The van der Waals surface area contributed by atoms with Crippen LogP contribution in [0.3, 0.4) is 0 Å². The fourth-order valence-corrected chi connectivity index (χ4v) is 4.87. The molecule has 0 radical (unpaired) electrons. The average molecular weight is 574 g/mol. The molecule has 0 aliphatic carbocycles. The van der Waals surface area contributed by atoms with Crippen molar-refractivity contribution in [2.24, 2.45) is 0 Å². The molecule has 1 N–H and O–H groups in total. The van der Waals surface area contributed by atoms with Gasteiger partial charge in [-0.25, -0.2) is 13.2 Å². The molecule has 0 saturated heterocycles. The fraction of sp³-hybridized carbons (Fsp3) is 0.435. The second-order valence-electron chi connectivity index (χ2n) is 8.80. The van der Waals surface area contributed by atoms with E-state index in [0.29, 0.717) is 12.3 Å². The zero-order valence-corrected chi connectivity index (χ0v) is 22.2. The van der Waals surface area contributed by atoms with E-state index >= 15 is 0 Å². The van der Waals surface area contributed by atoms with Gasteiger partial charge in [-0.1, -0.05) is 0 Å². The largest absolute Gasteiger partial charge is 0.466 e. The van der Waals surface area contributed by atoms with Crippen molar-refractivity contribution in [1.82, 2.24) is 19.4 Å². The first kappa shape index (κ1) is 29.6. The summed E-state index contributed by atoms with van der Waals surface area (Å²) in [4.78, 5) is 52.7. The van der Waals surface area contributed by atoms with E-state index in [1.54, 1.807) is 20.8 Å². The van der Waals surface area contributed by atoms with Gasteiger partial charge in [0.2, 0.25) is 0 Å². The molecule has 212 valence electrons. The first-order valence-electron chi connectivity index (χ1n) is 11.7. The van der Waals surface area contributed by atoms with Gasteiger partial charge < -0.3 is 9.72 Å². The summed E-state index contributed by atoms with van der Waals surface area (Å²) in [6.07, 6.45) is -3.97. The van der Waals surface area contributed by atoms with Gasteiger partial charge in [-0.3, -0.25) is 19.1 Å². The second-order valence-corrected chi connectivity index (χ2v) is 10.6. The van der Waals surface area contributed by atoms with Crippen molar-refractivity contribution < 1.29 is 35.9 Å². The van der Waals surface area contributed by atoms with Crippen molar-refractivity contribution in [2.75, 3.05) is 17.3 Å². The van der Waals surface area contributed by atoms with Crippen LogP contribution in [0.5, 0.6) is 0 Å². The minimum Gasteiger partial charge on any atom is -0.466 e. The Morgan fingerprint density at radius 3 is 2.41 bits per heavy atom. The van der Waals surface area contributed by atoms with Gasteiger partial charge in [0.25, 0.3) is 21.5 Å². The Morgan fingerprint density at radius 2 is 1.85 bits per heavy atom. The van der Waals surface area contributed by atoms with Gasteiger partial charge in [0.15, 0.2) is 0 Å². The molecular formula is C23H26F3N5O7S. The van der Waals surface area contributed by atoms with Crippen LogP contribution in [0.15, 0.2) is 34.0 Å². The van der Waals surface area contributed by atoms with Crippen LogP contribution in [0.4, 0.5) is 13.2 Å². The predicted molar refractivity (Wildman–Crippen MR) is 134 cm³/mol. The highest BCUT2D eigenvalue weighted by molar-refractivity contribution is 7.92. The molecule has 0 aliphatic heterocycles. The summed E-state index contributed by atoms with van der Waals surface area (Å²) < 4.78 is 73.1. The SMILES string of the molecule is CCOC(=O)CCCC(=O)N(n1c(=O)[nH]c2cc(C(F)(F)F)c(-c3ccnn3C(C)C)cc2c1=O)S(C)(=O)=O. The van der Waals surface area contributed by atoms with E-state index in [4.69, 9.17) is 4.74 Å². The lowest BCUT2D eigenvalue weighted by Crippen LogP contribution is -2.55.